The van der Waals surface area contributed by atoms with Crippen molar-refractivity contribution in [3.05, 3.63) is 65.7 Å². The number of carbonyl (C=O) groups is 1. The van der Waals surface area contributed by atoms with Crippen molar-refractivity contribution in [1.82, 2.24) is 10.6 Å². The highest BCUT2D eigenvalue weighted by Gasteiger charge is 2.15. The number of aliphatic hydroxyl groups is 1. The Hall–Kier alpha value is -2.67. The topological polar surface area (TPSA) is 70.6 Å². The average molecular weight is 350 g/mol. The fourth-order valence-electron chi connectivity index (χ4n) is 2.34. The Bertz CT molecular complexity index is 666. The summed E-state index contributed by atoms with van der Waals surface area (Å²) in [4.78, 5) is 12.1. The van der Waals surface area contributed by atoms with Crippen LogP contribution in [0.15, 0.2) is 54.6 Å². The highest BCUT2D eigenvalue weighted by molar-refractivity contribution is 5.75. The van der Waals surface area contributed by atoms with Gasteiger partial charge in [-0.15, -0.1) is 0 Å². The van der Waals surface area contributed by atoms with Crippen LogP contribution in [0, 0.1) is 0 Å². The molecule has 0 spiro atoms. The van der Waals surface area contributed by atoms with Gasteiger partial charge >= 0.3 is 12.6 Å². The normalized spacial score (nSPS) is 13.2. The van der Waals surface area contributed by atoms with E-state index in [0.29, 0.717) is 0 Å². The van der Waals surface area contributed by atoms with E-state index in [4.69, 9.17) is 0 Å². The third-order valence-electron chi connectivity index (χ3n) is 3.64. The van der Waals surface area contributed by atoms with E-state index < -0.39 is 18.7 Å². The largest absolute Gasteiger partial charge is 0.435 e. The van der Waals surface area contributed by atoms with E-state index in [9.17, 15) is 18.7 Å². The number of benzene rings is 2. The summed E-state index contributed by atoms with van der Waals surface area (Å²) in [5.41, 5.74) is 1.53. The number of rotatable bonds is 7. The predicted molar refractivity (Wildman–Crippen MR) is 89.4 cm³/mol. The van der Waals surface area contributed by atoms with Crippen molar-refractivity contribution < 1.29 is 23.4 Å². The number of halogens is 2. The quantitative estimate of drug-likeness (QED) is 0.717. The van der Waals surface area contributed by atoms with Crippen LogP contribution in [0.4, 0.5) is 13.6 Å². The lowest BCUT2D eigenvalue weighted by Gasteiger charge is -2.20. The number of nitrogens with one attached hydrogen (secondary N) is 2. The van der Waals surface area contributed by atoms with Crippen molar-refractivity contribution >= 4 is 6.03 Å². The monoisotopic (exact) mass is 350 g/mol. The van der Waals surface area contributed by atoms with Gasteiger partial charge in [-0.25, -0.2) is 4.79 Å². The first-order chi connectivity index (χ1) is 12.0. The van der Waals surface area contributed by atoms with Crippen LogP contribution in [0.25, 0.3) is 0 Å². The summed E-state index contributed by atoms with van der Waals surface area (Å²) < 4.78 is 28.6. The molecule has 0 aromatic heterocycles. The lowest BCUT2D eigenvalue weighted by atomic mass is 10.1. The van der Waals surface area contributed by atoms with Gasteiger partial charge in [-0.05, 0) is 30.2 Å². The standard InChI is InChI=1S/C18H20F2N2O3/c1-12(13-7-9-15(10-8-13)25-17(19)20)21-18(24)22-16(11-23)14-5-3-2-4-6-14/h2-10,12,16-17,23H,11H2,1H3,(H2,21,22,24). The molecule has 2 aromatic carbocycles. The number of aliphatic hydroxyl groups excluding tert-OH is 1. The van der Waals surface area contributed by atoms with Gasteiger partial charge in [0.2, 0.25) is 0 Å². The maximum Gasteiger partial charge on any atom is 0.387 e. The number of urea groups is 1. The average Bonchev–Trinajstić information content (AvgIpc) is 2.60. The molecule has 25 heavy (non-hydrogen) atoms. The molecule has 2 aromatic rings. The lowest BCUT2D eigenvalue weighted by molar-refractivity contribution is -0.0498. The van der Waals surface area contributed by atoms with Gasteiger partial charge in [0.1, 0.15) is 5.75 Å². The molecule has 0 fully saturated rings. The summed E-state index contributed by atoms with van der Waals surface area (Å²) in [6.07, 6.45) is 0. The van der Waals surface area contributed by atoms with E-state index in [-0.39, 0.29) is 18.4 Å². The van der Waals surface area contributed by atoms with Crippen LogP contribution in [0.2, 0.25) is 0 Å². The first-order valence-electron chi connectivity index (χ1n) is 7.77. The van der Waals surface area contributed by atoms with Gasteiger partial charge in [0.15, 0.2) is 0 Å². The molecule has 3 N–H and O–H groups in total. The molecule has 5 nitrogen and oxygen atoms in total. The first kappa shape index (κ1) is 18.7. The van der Waals surface area contributed by atoms with E-state index in [1.807, 2.05) is 30.3 Å². The Kier molecular flexibility index (Phi) is 6.71. The summed E-state index contributed by atoms with van der Waals surface area (Å²) in [5, 5.41) is 14.9. The van der Waals surface area contributed by atoms with E-state index in [1.165, 1.54) is 12.1 Å². The first-order valence-corrected chi connectivity index (χ1v) is 7.77. The van der Waals surface area contributed by atoms with Crippen molar-refractivity contribution in [1.29, 1.82) is 0 Å². The molecule has 0 saturated carbocycles. The summed E-state index contributed by atoms with van der Waals surface area (Å²) >= 11 is 0. The Morgan fingerprint density at radius 2 is 1.68 bits per heavy atom. The number of ether oxygens (including phenoxy) is 1. The molecule has 0 radical (unpaired) electrons. The van der Waals surface area contributed by atoms with Crippen LogP contribution in [0.5, 0.6) is 5.75 Å². The number of amides is 2. The highest BCUT2D eigenvalue weighted by Crippen LogP contribution is 2.19. The molecular weight excluding hydrogens is 330 g/mol. The summed E-state index contributed by atoms with van der Waals surface area (Å²) in [7, 11) is 0. The zero-order valence-corrected chi connectivity index (χ0v) is 13.7. The minimum atomic E-state index is -2.87. The lowest BCUT2D eigenvalue weighted by Crippen LogP contribution is -2.40. The van der Waals surface area contributed by atoms with Gasteiger partial charge in [-0.1, -0.05) is 42.5 Å². The van der Waals surface area contributed by atoms with Crippen molar-refractivity contribution in [2.45, 2.75) is 25.6 Å². The van der Waals surface area contributed by atoms with Crippen LogP contribution in [0.3, 0.4) is 0 Å². The molecule has 0 saturated heterocycles. The van der Waals surface area contributed by atoms with E-state index in [0.717, 1.165) is 11.1 Å². The molecule has 2 rings (SSSR count). The Balaban J connectivity index is 1.93. The zero-order chi connectivity index (χ0) is 18.2. The Morgan fingerprint density at radius 3 is 2.24 bits per heavy atom. The second-order valence-electron chi connectivity index (χ2n) is 5.43. The Morgan fingerprint density at radius 1 is 1.04 bits per heavy atom. The second kappa shape index (κ2) is 8.98. The van der Waals surface area contributed by atoms with Gasteiger partial charge in [0, 0.05) is 0 Å². The highest BCUT2D eigenvalue weighted by atomic mass is 19.3. The van der Waals surface area contributed by atoms with Crippen molar-refractivity contribution in [2.24, 2.45) is 0 Å². The molecule has 0 aliphatic carbocycles. The van der Waals surface area contributed by atoms with Crippen LogP contribution in [-0.4, -0.2) is 24.4 Å². The number of hydrogen-bond acceptors (Lipinski definition) is 3. The summed E-state index contributed by atoms with van der Waals surface area (Å²) in [6, 6.07) is 13.8. The SMILES string of the molecule is CC(NC(=O)NC(CO)c1ccccc1)c1ccc(OC(F)F)cc1. The molecule has 2 unspecified atom stereocenters. The van der Waals surface area contributed by atoms with Gasteiger partial charge < -0.3 is 20.5 Å². The van der Waals surface area contributed by atoms with Crippen molar-refractivity contribution in [2.75, 3.05) is 6.61 Å². The van der Waals surface area contributed by atoms with Crippen LogP contribution >= 0.6 is 0 Å². The molecule has 2 atom stereocenters. The second-order valence-corrected chi connectivity index (χ2v) is 5.43. The fraction of sp³-hybridized carbons (Fsp3) is 0.278. The summed E-state index contributed by atoms with van der Waals surface area (Å²) in [5.74, 6) is 0.0554. The van der Waals surface area contributed by atoms with E-state index in [1.54, 1.807) is 19.1 Å². The molecule has 2 amide bonds. The van der Waals surface area contributed by atoms with Crippen LogP contribution in [-0.2, 0) is 0 Å². The molecule has 0 bridgehead atoms. The maximum absolute atomic E-state index is 12.1. The van der Waals surface area contributed by atoms with Crippen LogP contribution < -0.4 is 15.4 Å². The fourth-order valence-corrected chi connectivity index (χ4v) is 2.34. The number of alkyl halides is 2. The zero-order valence-electron chi connectivity index (χ0n) is 13.7. The molecule has 134 valence electrons. The van der Waals surface area contributed by atoms with Gasteiger partial charge in [-0.3, -0.25) is 0 Å². The van der Waals surface area contributed by atoms with Crippen LogP contribution in [0.1, 0.15) is 30.1 Å². The third-order valence-corrected chi connectivity index (χ3v) is 3.64. The van der Waals surface area contributed by atoms with Gasteiger partial charge in [0.05, 0.1) is 18.7 Å². The Labute approximate surface area is 144 Å². The molecule has 7 heteroatoms. The molecule has 0 aliphatic rings. The smallest absolute Gasteiger partial charge is 0.387 e. The van der Waals surface area contributed by atoms with E-state index in [2.05, 4.69) is 15.4 Å². The summed E-state index contributed by atoms with van der Waals surface area (Å²) in [6.45, 7) is -1.34. The minimum Gasteiger partial charge on any atom is -0.435 e. The molecule has 0 aliphatic heterocycles. The van der Waals surface area contributed by atoms with Crippen molar-refractivity contribution in [3.63, 3.8) is 0 Å². The van der Waals surface area contributed by atoms with Gasteiger partial charge in [0.25, 0.3) is 0 Å². The third kappa shape index (κ3) is 5.72. The van der Waals surface area contributed by atoms with E-state index >= 15 is 0 Å². The van der Waals surface area contributed by atoms with Gasteiger partial charge in [-0.2, -0.15) is 8.78 Å². The minimum absolute atomic E-state index is 0.0554. The maximum atomic E-state index is 12.1. The number of hydrogen-bond donors (Lipinski definition) is 3. The molecular formula is C18H20F2N2O3. The molecule has 0 heterocycles. The predicted octanol–water partition coefficient (Wildman–Crippen LogP) is 3.38. The number of carbonyl (C=O) groups excluding carboxylic acids is 1. The van der Waals surface area contributed by atoms with Crippen molar-refractivity contribution in [3.8, 4) is 5.75 Å².